The van der Waals surface area contributed by atoms with Crippen molar-refractivity contribution in [3.05, 3.63) is 34.9 Å². The summed E-state index contributed by atoms with van der Waals surface area (Å²) in [6.45, 7) is 9.57. The molecule has 0 bridgehead atoms. The highest BCUT2D eigenvalue weighted by Crippen LogP contribution is 2.34. The summed E-state index contributed by atoms with van der Waals surface area (Å²) < 4.78 is 0. The molecule has 0 unspecified atom stereocenters. The summed E-state index contributed by atoms with van der Waals surface area (Å²) in [4.78, 5) is 2.62. The molecule has 1 aliphatic rings. The summed E-state index contributed by atoms with van der Waals surface area (Å²) in [6, 6.07) is 6.86. The van der Waals surface area contributed by atoms with Gasteiger partial charge < -0.3 is 5.73 Å². The fourth-order valence-corrected chi connectivity index (χ4v) is 3.60. The summed E-state index contributed by atoms with van der Waals surface area (Å²) in [6.07, 6.45) is 6.58. The molecule has 0 amide bonds. The van der Waals surface area contributed by atoms with Gasteiger partial charge in [-0.05, 0) is 49.9 Å². The van der Waals surface area contributed by atoms with Gasteiger partial charge in [0.25, 0.3) is 0 Å². The van der Waals surface area contributed by atoms with E-state index in [1.165, 1.54) is 48.8 Å². The van der Waals surface area contributed by atoms with Gasteiger partial charge in [0.15, 0.2) is 0 Å². The number of hydrogen-bond acceptors (Lipinski definition) is 2. The lowest BCUT2D eigenvalue weighted by Crippen LogP contribution is -2.54. The number of benzene rings is 1. The summed E-state index contributed by atoms with van der Waals surface area (Å²) >= 11 is 0. The second kappa shape index (κ2) is 6.73. The molecule has 20 heavy (non-hydrogen) atoms. The first-order chi connectivity index (χ1) is 9.61. The van der Waals surface area contributed by atoms with Gasteiger partial charge in [-0.3, -0.25) is 4.90 Å². The summed E-state index contributed by atoms with van der Waals surface area (Å²) in [7, 11) is 0. The number of aryl methyl sites for hydroxylation is 2. The molecular weight excluding hydrogens is 244 g/mol. The SMILES string of the molecule is CCN(Cc1ccc(C)c(C)c1)C1(CN)CCCCC1. The van der Waals surface area contributed by atoms with Crippen LogP contribution in [0.2, 0.25) is 0 Å². The Labute approximate surface area is 124 Å². The number of nitrogens with two attached hydrogens (primary N) is 1. The predicted molar refractivity (Wildman–Crippen MR) is 86.9 cm³/mol. The molecule has 0 aromatic heterocycles. The first-order valence-corrected chi connectivity index (χ1v) is 8.12. The predicted octanol–water partition coefficient (Wildman–Crippen LogP) is 3.79. The zero-order valence-corrected chi connectivity index (χ0v) is 13.4. The van der Waals surface area contributed by atoms with Crippen LogP contribution in [0.25, 0.3) is 0 Å². The summed E-state index contributed by atoms with van der Waals surface area (Å²) in [5.74, 6) is 0. The monoisotopic (exact) mass is 274 g/mol. The number of rotatable bonds is 5. The van der Waals surface area contributed by atoms with Crippen LogP contribution < -0.4 is 5.73 Å². The maximum absolute atomic E-state index is 6.18. The highest BCUT2D eigenvalue weighted by Gasteiger charge is 2.35. The molecule has 1 aromatic rings. The molecule has 0 heterocycles. The molecule has 2 nitrogen and oxygen atoms in total. The smallest absolute Gasteiger partial charge is 0.0335 e. The third kappa shape index (κ3) is 3.24. The maximum atomic E-state index is 6.18. The zero-order chi connectivity index (χ0) is 14.6. The van der Waals surface area contributed by atoms with Crippen molar-refractivity contribution in [1.82, 2.24) is 4.90 Å². The fourth-order valence-electron chi connectivity index (χ4n) is 3.60. The van der Waals surface area contributed by atoms with Gasteiger partial charge in [-0.25, -0.2) is 0 Å². The van der Waals surface area contributed by atoms with E-state index >= 15 is 0 Å². The maximum Gasteiger partial charge on any atom is 0.0335 e. The van der Waals surface area contributed by atoms with Gasteiger partial charge in [-0.1, -0.05) is 44.4 Å². The van der Waals surface area contributed by atoms with Gasteiger partial charge in [0.05, 0.1) is 0 Å². The molecule has 0 atom stereocenters. The van der Waals surface area contributed by atoms with Crippen LogP contribution >= 0.6 is 0 Å². The Morgan fingerprint density at radius 2 is 1.80 bits per heavy atom. The van der Waals surface area contributed by atoms with Crippen molar-refractivity contribution in [2.24, 2.45) is 5.73 Å². The first-order valence-electron chi connectivity index (χ1n) is 8.12. The second-order valence-corrected chi connectivity index (χ2v) is 6.42. The van der Waals surface area contributed by atoms with Crippen LogP contribution in [0, 0.1) is 13.8 Å². The van der Waals surface area contributed by atoms with E-state index in [-0.39, 0.29) is 5.54 Å². The molecule has 1 aliphatic carbocycles. The Hall–Kier alpha value is -0.860. The van der Waals surface area contributed by atoms with Crippen molar-refractivity contribution in [2.45, 2.75) is 65.0 Å². The van der Waals surface area contributed by atoms with Gasteiger partial charge in [0.2, 0.25) is 0 Å². The molecule has 0 saturated heterocycles. The molecule has 2 rings (SSSR count). The summed E-state index contributed by atoms with van der Waals surface area (Å²) in [5, 5.41) is 0. The van der Waals surface area contributed by atoms with Crippen LogP contribution in [0.15, 0.2) is 18.2 Å². The van der Waals surface area contributed by atoms with Crippen LogP contribution in [0.1, 0.15) is 55.7 Å². The van der Waals surface area contributed by atoms with Gasteiger partial charge in [-0.15, -0.1) is 0 Å². The molecule has 1 aromatic carbocycles. The van der Waals surface area contributed by atoms with E-state index in [1.54, 1.807) is 0 Å². The van der Waals surface area contributed by atoms with E-state index in [4.69, 9.17) is 5.73 Å². The second-order valence-electron chi connectivity index (χ2n) is 6.42. The molecule has 0 radical (unpaired) electrons. The Bertz CT molecular complexity index is 433. The van der Waals surface area contributed by atoms with Gasteiger partial charge >= 0.3 is 0 Å². The van der Waals surface area contributed by atoms with Crippen molar-refractivity contribution in [1.29, 1.82) is 0 Å². The zero-order valence-electron chi connectivity index (χ0n) is 13.4. The lowest BCUT2D eigenvalue weighted by molar-refractivity contribution is 0.0546. The molecule has 112 valence electrons. The minimum absolute atomic E-state index is 0.242. The van der Waals surface area contributed by atoms with Gasteiger partial charge in [-0.2, -0.15) is 0 Å². The van der Waals surface area contributed by atoms with Gasteiger partial charge in [0.1, 0.15) is 0 Å². The van der Waals surface area contributed by atoms with E-state index in [9.17, 15) is 0 Å². The van der Waals surface area contributed by atoms with Crippen LogP contribution in [0.4, 0.5) is 0 Å². The normalized spacial score (nSPS) is 18.4. The van der Waals surface area contributed by atoms with Crippen molar-refractivity contribution < 1.29 is 0 Å². The quantitative estimate of drug-likeness (QED) is 0.885. The van der Waals surface area contributed by atoms with Crippen LogP contribution in [-0.4, -0.2) is 23.5 Å². The molecule has 0 aliphatic heterocycles. The fraction of sp³-hybridized carbons (Fsp3) is 0.667. The number of hydrogen-bond donors (Lipinski definition) is 1. The van der Waals surface area contributed by atoms with E-state index in [2.05, 4.69) is 43.9 Å². The Morgan fingerprint density at radius 1 is 1.10 bits per heavy atom. The van der Waals surface area contributed by atoms with Crippen molar-refractivity contribution in [2.75, 3.05) is 13.1 Å². The van der Waals surface area contributed by atoms with Crippen molar-refractivity contribution in [3.8, 4) is 0 Å². The van der Waals surface area contributed by atoms with Gasteiger partial charge in [0, 0.05) is 18.6 Å². The minimum atomic E-state index is 0.242. The largest absolute Gasteiger partial charge is 0.329 e. The third-order valence-corrected chi connectivity index (χ3v) is 5.16. The number of likely N-dealkylation sites (N-methyl/N-ethyl adjacent to an activating group) is 1. The van der Waals surface area contributed by atoms with Crippen LogP contribution in [0.3, 0.4) is 0 Å². The van der Waals surface area contributed by atoms with Crippen molar-refractivity contribution >= 4 is 0 Å². The molecule has 2 heteroatoms. The Morgan fingerprint density at radius 3 is 2.35 bits per heavy atom. The molecule has 0 spiro atoms. The first kappa shape index (κ1) is 15.5. The van der Waals surface area contributed by atoms with Crippen LogP contribution in [-0.2, 0) is 6.54 Å². The minimum Gasteiger partial charge on any atom is -0.329 e. The molecule has 1 fully saturated rings. The Balaban J connectivity index is 2.16. The van der Waals surface area contributed by atoms with E-state index in [1.807, 2.05) is 0 Å². The third-order valence-electron chi connectivity index (χ3n) is 5.16. The highest BCUT2D eigenvalue weighted by molar-refractivity contribution is 5.30. The lowest BCUT2D eigenvalue weighted by atomic mass is 9.80. The standard InChI is InChI=1S/C18H30N2/c1-4-20(18(14-19)10-6-5-7-11-18)13-17-9-8-15(2)16(3)12-17/h8-9,12H,4-7,10-11,13-14,19H2,1-3H3. The Kier molecular flexibility index (Phi) is 5.22. The topological polar surface area (TPSA) is 29.3 Å². The molecule has 2 N–H and O–H groups in total. The average Bonchev–Trinajstić information content (AvgIpc) is 2.49. The average molecular weight is 274 g/mol. The lowest BCUT2D eigenvalue weighted by Gasteiger charge is -2.46. The molecular formula is C18H30N2. The highest BCUT2D eigenvalue weighted by atomic mass is 15.2. The number of nitrogens with zero attached hydrogens (tertiary/aromatic N) is 1. The van der Waals surface area contributed by atoms with Crippen molar-refractivity contribution in [3.63, 3.8) is 0 Å². The van der Waals surface area contributed by atoms with E-state index in [0.29, 0.717) is 0 Å². The van der Waals surface area contributed by atoms with E-state index in [0.717, 1.165) is 19.6 Å². The molecule has 1 saturated carbocycles. The summed E-state index contributed by atoms with van der Waals surface area (Å²) in [5.41, 5.74) is 10.6. The van der Waals surface area contributed by atoms with Crippen LogP contribution in [0.5, 0.6) is 0 Å². The van der Waals surface area contributed by atoms with E-state index < -0.39 is 0 Å².